The summed E-state index contributed by atoms with van der Waals surface area (Å²) in [5, 5.41) is 0.502. The number of amides is 1. The van der Waals surface area contributed by atoms with E-state index in [1.165, 1.54) is 6.42 Å². The maximum absolute atomic E-state index is 12.9. The molecule has 5 heteroatoms. The van der Waals surface area contributed by atoms with Gasteiger partial charge in [-0.2, -0.15) is 0 Å². The molecule has 0 bridgehead atoms. The molecular weight excluding hydrogens is 352 g/mol. The first-order valence-corrected chi connectivity index (χ1v) is 8.71. The molecule has 1 saturated carbocycles. The number of benzene rings is 1. The van der Waals surface area contributed by atoms with E-state index in [0.29, 0.717) is 29.6 Å². The molecule has 1 aromatic carbocycles. The Morgan fingerprint density at radius 1 is 1.43 bits per heavy atom. The van der Waals surface area contributed by atoms with Crippen molar-refractivity contribution in [2.24, 2.45) is 11.7 Å². The minimum absolute atomic E-state index is 0.00847. The molecule has 0 spiro atoms. The molecule has 2 unspecified atom stereocenters. The summed E-state index contributed by atoms with van der Waals surface area (Å²) in [6, 6.07) is 5.64. The van der Waals surface area contributed by atoms with Gasteiger partial charge in [0.1, 0.15) is 0 Å². The fourth-order valence-electron chi connectivity index (χ4n) is 3.22. The molecule has 3 nitrogen and oxygen atoms in total. The average molecular weight is 374 g/mol. The van der Waals surface area contributed by atoms with Crippen LogP contribution in [0, 0.1) is 5.92 Å². The summed E-state index contributed by atoms with van der Waals surface area (Å²) in [4.78, 5) is 14.8. The van der Waals surface area contributed by atoms with Gasteiger partial charge in [-0.15, -0.1) is 0 Å². The van der Waals surface area contributed by atoms with Crippen molar-refractivity contribution >= 4 is 33.4 Å². The molecule has 1 fully saturated rings. The van der Waals surface area contributed by atoms with Crippen LogP contribution in [0.25, 0.3) is 0 Å². The fraction of sp³-hybridized carbons (Fsp3) is 0.562. The van der Waals surface area contributed by atoms with Gasteiger partial charge in [0.2, 0.25) is 0 Å². The van der Waals surface area contributed by atoms with Crippen molar-refractivity contribution in [3.8, 4) is 0 Å². The van der Waals surface area contributed by atoms with Crippen molar-refractivity contribution in [2.45, 2.75) is 38.6 Å². The maximum atomic E-state index is 12.9. The molecule has 0 radical (unpaired) electrons. The van der Waals surface area contributed by atoms with Crippen molar-refractivity contribution in [3.05, 3.63) is 33.3 Å². The quantitative estimate of drug-likeness (QED) is 0.864. The SMILES string of the molecule is CCN(C(=O)c1cc(Br)ccc1Cl)C1CCCCC1CN. The Labute approximate surface area is 140 Å². The molecule has 0 aliphatic heterocycles. The van der Waals surface area contributed by atoms with Gasteiger partial charge in [0, 0.05) is 17.1 Å². The molecule has 2 atom stereocenters. The second-order valence-corrected chi connectivity index (χ2v) is 6.89. The molecule has 1 aromatic rings. The zero-order valence-corrected chi connectivity index (χ0v) is 14.7. The predicted octanol–water partition coefficient (Wildman–Crippen LogP) is 4.08. The van der Waals surface area contributed by atoms with E-state index in [-0.39, 0.29) is 11.9 Å². The Morgan fingerprint density at radius 3 is 2.81 bits per heavy atom. The van der Waals surface area contributed by atoms with Gasteiger partial charge in [-0.3, -0.25) is 4.79 Å². The molecule has 0 saturated heterocycles. The molecule has 0 aromatic heterocycles. The van der Waals surface area contributed by atoms with Crippen LogP contribution in [-0.2, 0) is 0 Å². The summed E-state index contributed by atoms with van der Waals surface area (Å²) in [5.41, 5.74) is 6.47. The van der Waals surface area contributed by atoms with Crippen LogP contribution in [0.4, 0.5) is 0 Å². The van der Waals surface area contributed by atoms with Gasteiger partial charge in [-0.25, -0.2) is 0 Å². The van der Waals surface area contributed by atoms with E-state index in [4.69, 9.17) is 17.3 Å². The summed E-state index contributed by atoms with van der Waals surface area (Å²) in [6.07, 6.45) is 4.52. The first kappa shape index (κ1) is 16.8. The number of carbonyl (C=O) groups excluding carboxylic acids is 1. The molecule has 1 amide bonds. The van der Waals surface area contributed by atoms with Crippen molar-refractivity contribution < 1.29 is 4.79 Å². The zero-order chi connectivity index (χ0) is 15.4. The first-order chi connectivity index (χ1) is 10.1. The highest BCUT2D eigenvalue weighted by Crippen LogP contribution is 2.30. The number of hydrogen-bond donors (Lipinski definition) is 1. The lowest BCUT2D eigenvalue weighted by atomic mass is 9.83. The van der Waals surface area contributed by atoms with E-state index in [1.807, 2.05) is 17.9 Å². The molecule has 116 valence electrons. The van der Waals surface area contributed by atoms with Crippen LogP contribution in [0.15, 0.2) is 22.7 Å². The summed E-state index contributed by atoms with van der Waals surface area (Å²) in [5.74, 6) is 0.405. The summed E-state index contributed by atoms with van der Waals surface area (Å²) in [7, 11) is 0. The van der Waals surface area contributed by atoms with Crippen LogP contribution in [0.2, 0.25) is 5.02 Å². The first-order valence-electron chi connectivity index (χ1n) is 7.54. The lowest BCUT2D eigenvalue weighted by Crippen LogP contribution is -2.48. The minimum atomic E-state index is 0.00847. The van der Waals surface area contributed by atoms with E-state index < -0.39 is 0 Å². The third kappa shape index (κ3) is 3.79. The van der Waals surface area contributed by atoms with E-state index in [2.05, 4.69) is 15.9 Å². The smallest absolute Gasteiger partial charge is 0.255 e. The number of nitrogens with zero attached hydrogens (tertiary/aromatic N) is 1. The van der Waals surface area contributed by atoms with Gasteiger partial charge in [0.15, 0.2) is 0 Å². The lowest BCUT2D eigenvalue weighted by molar-refractivity contribution is 0.0560. The van der Waals surface area contributed by atoms with E-state index in [9.17, 15) is 4.79 Å². The molecule has 0 heterocycles. The lowest BCUT2D eigenvalue weighted by Gasteiger charge is -2.39. The Morgan fingerprint density at radius 2 is 2.14 bits per heavy atom. The van der Waals surface area contributed by atoms with Gasteiger partial charge < -0.3 is 10.6 Å². The normalized spacial score (nSPS) is 22.1. The molecule has 1 aliphatic carbocycles. The standard InChI is InChI=1S/C16H22BrClN2O/c1-2-20(15-6-4-3-5-11(15)10-19)16(21)13-9-12(17)7-8-14(13)18/h7-9,11,15H,2-6,10,19H2,1H3. The number of rotatable bonds is 4. The predicted molar refractivity (Wildman–Crippen MR) is 90.7 cm³/mol. The van der Waals surface area contributed by atoms with Gasteiger partial charge in [0.05, 0.1) is 10.6 Å². The summed E-state index contributed by atoms with van der Waals surface area (Å²) >= 11 is 9.62. The van der Waals surface area contributed by atoms with Gasteiger partial charge >= 0.3 is 0 Å². The fourth-order valence-corrected chi connectivity index (χ4v) is 3.78. The van der Waals surface area contributed by atoms with E-state index >= 15 is 0 Å². The Kier molecular flexibility index (Phi) is 6.08. The van der Waals surface area contributed by atoms with Crippen LogP contribution in [-0.4, -0.2) is 29.9 Å². The van der Waals surface area contributed by atoms with Gasteiger partial charge in [-0.1, -0.05) is 40.4 Å². The van der Waals surface area contributed by atoms with Crippen LogP contribution in [0.3, 0.4) is 0 Å². The van der Waals surface area contributed by atoms with E-state index in [1.54, 1.807) is 12.1 Å². The van der Waals surface area contributed by atoms with Crippen LogP contribution in [0.5, 0.6) is 0 Å². The van der Waals surface area contributed by atoms with Crippen LogP contribution in [0.1, 0.15) is 43.0 Å². The van der Waals surface area contributed by atoms with Gasteiger partial charge in [-0.05, 0) is 50.4 Å². The van der Waals surface area contributed by atoms with Crippen LogP contribution >= 0.6 is 27.5 Å². The minimum Gasteiger partial charge on any atom is -0.336 e. The highest BCUT2D eigenvalue weighted by atomic mass is 79.9. The molecular formula is C16H22BrClN2O. The third-order valence-corrected chi connectivity index (χ3v) is 5.16. The van der Waals surface area contributed by atoms with Crippen molar-refractivity contribution in [3.63, 3.8) is 0 Å². The molecule has 1 aliphatic rings. The number of hydrogen-bond acceptors (Lipinski definition) is 2. The topological polar surface area (TPSA) is 46.3 Å². The highest BCUT2D eigenvalue weighted by molar-refractivity contribution is 9.10. The van der Waals surface area contributed by atoms with Crippen LogP contribution < -0.4 is 5.73 Å². The highest BCUT2D eigenvalue weighted by Gasteiger charge is 2.32. The van der Waals surface area contributed by atoms with Gasteiger partial charge in [0.25, 0.3) is 5.91 Å². The molecule has 21 heavy (non-hydrogen) atoms. The largest absolute Gasteiger partial charge is 0.336 e. The summed E-state index contributed by atoms with van der Waals surface area (Å²) < 4.78 is 0.866. The third-order valence-electron chi connectivity index (χ3n) is 4.33. The second-order valence-electron chi connectivity index (χ2n) is 5.56. The van der Waals surface area contributed by atoms with E-state index in [0.717, 1.165) is 23.7 Å². The molecule has 2 rings (SSSR count). The maximum Gasteiger partial charge on any atom is 0.255 e. The second kappa shape index (κ2) is 7.61. The Hall–Kier alpha value is -0.580. The zero-order valence-electron chi connectivity index (χ0n) is 12.3. The Balaban J connectivity index is 2.27. The van der Waals surface area contributed by atoms with Crippen molar-refractivity contribution in [1.29, 1.82) is 0 Å². The average Bonchev–Trinajstić information content (AvgIpc) is 2.50. The molecule has 2 N–H and O–H groups in total. The van der Waals surface area contributed by atoms with Crippen molar-refractivity contribution in [1.82, 2.24) is 4.90 Å². The Bertz CT molecular complexity index is 509. The number of carbonyl (C=O) groups is 1. The van der Waals surface area contributed by atoms with Crippen molar-refractivity contribution in [2.75, 3.05) is 13.1 Å². The number of nitrogens with two attached hydrogens (primary N) is 1. The monoisotopic (exact) mass is 372 g/mol. The number of halogens is 2. The summed E-state index contributed by atoms with van der Waals surface area (Å²) in [6.45, 7) is 3.34.